The average Bonchev–Trinajstić information content (AvgIpc) is 3.34. The van der Waals surface area contributed by atoms with Gasteiger partial charge in [0.15, 0.2) is 0 Å². The molecule has 0 unspecified atom stereocenters. The molecule has 3 heterocycles. The van der Waals surface area contributed by atoms with E-state index in [1.54, 1.807) is 28.9 Å². The second-order valence-electron chi connectivity index (χ2n) is 7.09. The van der Waals surface area contributed by atoms with Gasteiger partial charge >= 0.3 is 0 Å². The second kappa shape index (κ2) is 7.26. The number of aromatic nitrogens is 4. The van der Waals surface area contributed by atoms with Gasteiger partial charge in [-0.05, 0) is 24.1 Å². The summed E-state index contributed by atoms with van der Waals surface area (Å²) in [6.45, 7) is 4.51. The van der Waals surface area contributed by atoms with Crippen molar-refractivity contribution in [1.82, 2.24) is 24.8 Å². The summed E-state index contributed by atoms with van der Waals surface area (Å²) in [6.07, 6.45) is 5.23. The highest BCUT2D eigenvalue weighted by atomic mass is 16.5. The first-order chi connectivity index (χ1) is 13.5. The Morgan fingerprint density at radius 1 is 1.21 bits per heavy atom. The highest BCUT2D eigenvalue weighted by molar-refractivity contribution is 5.96. The summed E-state index contributed by atoms with van der Waals surface area (Å²) < 4.78 is 7.05. The quantitative estimate of drug-likeness (QED) is 0.530. The molecule has 142 valence electrons. The summed E-state index contributed by atoms with van der Waals surface area (Å²) >= 11 is 0. The SMILES string of the molecule is CC(C)c1noc2ncc(C(=O)N(C)Cc3cnn(-c4ccccc4)c3)cc12. The molecule has 0 aliphatic heterocycles. The molecule has 0 saturated heterocycles. The van der Waals surface area contributed by atoms with Crippen LogP contribution in [0.2, 0.25) is 0 Å². The van der Waals surface area contributed by atoms with Gasteiger partial charge in [-0.1, -0.05) is 37.2 Å². The van der Waals surface area contributed by atoms with Crippen LogP contribution >= 0.6 is 0 Å². The predicted octanol–water partition coefficient (Wildman–Crippen LogP) is 3.80. The largest absolute Gasteiger partial charge is 0.337 e. The minimum Gasteiger partial charge on any atom is -0.337 e. The lowest BCUT2D eigenvalue weighted by atomic mass is 10.1. The van der Waals surface area contributed by atoms with Gasteiger partial charge in [0, 0.05) is 31.5 Å². The van der Waals surface area contributed by atoms with Gasteiger partial charge < -0.3 is 9.42 Å². The van der Waals surface area contributed by atoms with E-state index in [2.05, 4.69) is 15.2 Å². The van der Waals surface area contributed by atoms with E-state index in [0.717, 1.165) is 22.3 Å². The van der Waals surface area contributed by atoms with E-state index in [1.807, 2.05) is 50.4 Å². The van der Waals surface area contributed by atoms with Gasteiger partial charge in [-0.2, -0.15) is 5.10 Å². The molecular formula is C21H21N5O2. The zero-order chi connectivity index (χ0) is 19.7. The van der Waals surface area contributed by atoms with Gasteiger partial charge in [0.05, 0.1) is 28.5 Å². The molecule has 0 aliphatic rings. The molecular weight excluding hydrogens is 354 g/mol. The third-order valence-electron chi connectivity index (χ3n) is 4.57. The third-order valence-corrected chi connectivity index (χ3v) is 4.57. The summed E-state index contributed by atoms with van der Waals surface area (Å²) in [7, 11) is 1.77. The van der Waals surface area contributed by atoms with Crippen molar-refractivity contribution in [2.75, 3.05) is 7.05 Å². The lowest BCUT2D eigenvalue weighted by Gasteiger charge is -2.16. The van der Waals surface area contributed by atoms with Crippen molar-refractivity contribution in [2.45, 2.75) is 26.3 Å². The number of nitrogens with zero attached hydrogens (tertiary/aromatic N) is 5. The Labute approximate surface area is 162 Å². The molecule has 4 aromatic rings. The van der Waals surface area contributed by atoms with Gasteiger partial charge in [0.2, 0.25) is 0 Å². The Hall–Kier alpha value is -3.48. The van der Waals surface area contributed by atoms with E-state index < -0.39 is 0 Å². The van der Waals surface area contributed by atoms with Crippen LogP contribution in [-0.2, 0) is 6.54 Å². The Kier molecular flexibility index (Phi) is 4.65. The molecule has 1 amide bonds. The molecule has 28 heavy (non-hydrogen) atoms. The van der Waals surface area contributed by atoms with Crippen LogP contribution in [0.3, 0.4) is 0 Å². The van der Waals surface area contributed by atoms with E-state index in [1.165, 1.54) is 6.20 Å². The minimum atomic E-state index is -0.113. The zero-order valence-corrected chi connectivity index (χ0v) is 16.0. The number of pyridine rings is 1. The van der Waals surface area contributed by atoms with Crippen molar-refractivity contribution in [3.05, 3.63) is 71.8 Å². The summed E-state index contributed by atoms with van der Waals surface area (Å²) in [5.41, 5.74) is 3.69. The minimum absolute atomic E-state index is 0.113. The van der Waals surface area contributed by atoms with Crippen LogP contribution in [0.5, 0.6) is 0 Å². The van der Waals surface area contributed by atoms with Crippen LogP contribution in [0.25, 0.3) is 16.8 Å². The number of carbonyl (C=O) groups is 1. The van der Waals surface area contributed by atoms with Crippen LogP contribution in [0, 0.1) is 0 Å². The van der Waals surface area contributed by atoms with Crippen molar-refractivity contribution in [3.63, 3.8) is 0 Å². The first-order valence-electron chi connectivity index (χ1n) is 9.12. The van der Waals surface area contributed by atoms with Crippen molar-refractivity contribution in [1.29, 1.82) is 0 Å². The van der Waals surface area contributed by atoms with Crippen molar-refractivity contribution in [2.24, 2.45) is 0 Å². The van der Waals surface area contributed by atoms with Crippen LogP contribution in [0.15, 0.2) is 59.5 Å². The Balaban J connectivity index is 1.53. The summed E-state index contributed by atoms with van der Waals surface area (Å²) in [4.78, 5) is 18.8. The Morgan fingerprint density at radius 2 is 2.00 bits per heavy atom. The average molecular weight is 375 g/mol. The molecule has 0 N–H and O–H groups in total. The standard InChI is InChI=1S/C21H21N5O2/c1-14(2)19-18-9-16(11-22-20(18)28-24-19)21(27)25(3)12-15-10-23-26(13-15)17-7-5-4-6-8-17/h4-11,13-14H,12H2,1-3H3. The first kappa shape index (κ1) is 17.9. The molecule has 3 aromatic heterocycles. The second-order valence-corrected chi connectivity index (χ2v) is 7.09. The summed E-state index contributed by atoms with van der Waals surface area (Å²) in [5.74, 6) is 0.0766. The number of hydrogen-bond acceptors (Lipinski definition) is 5. The molecule has 0 fully saturated rings. The van der Waals surface area contributed by atoms with E-state index in [-0.39, 0.29) is 11.8 Å². The normalized spacial score (nSPS) is 11.3. The lowest BCUT2D eigenvalue weighted by molar-refractivity contribution is 0.0785. The van der Waals surface area contributed by atoms with Gasteiger partial charge in [-0.25, -0.2) is 9.67 Å². The molecule has 0 aliphatic carbocycles. The third kappa shape index (κ3) is 3.38. The number of para-hydroxylation sites is 1. The number of benzene rings is 1. The molecule has 0 bridgehead atoms. The van der Waals surface area contributed by atoms with Gasteiger partial charge in [-0.15, -0.1) is 0 Å². The van der Waals surface area contributed by atoms with Crippen LogP contribution < -0.4 is 0 Å². The van der Waals surface area contributed by atoms with Crippen molar-refractivity contribution < 1.29 is 9.32 Å². The maximum Gasteiger partial charge on any atom is 0.257 e. The van der Waals surface area contributed by atoms with Crippen LogP contribution in [-0.4, -0.2) is 37.8 Å². The van der Waals surface area contributed by atoms with Crippen LogP contribution in [0.4, 0.5) is 0 Å². The topological polar surface area (TPSA) is 77.1 Å². The number of rotatable bonds is 5. The number of fused-ring (bicyclic) bond motifs is 1. The van der Waals surface area contributed by atoms with Gasteiger partial charge in [-0.3, -0.25) is 4.79 Å². The van der Waals surface area contributed by atoms with E-state index in [9.17, 15) is 4.79 Å². The zero-order valence-electron chi connectivity index (χ0n) is 16.0. The lowest BCUT2D eigenvalue weighted by Crippen LogP contribution is -2.26. The number of carbonyl (C=O) groups excluding carboxylic acids is 1. The van der Waals surface area contributed by atoms with Gasteiger partial charge in [0.25, 0.3) is 11.6 Å². The summed E-state index contributed by atoms with van der Waals surface area (Å²) in [5, 5.41) is 9.23. The first-order valence-corrected chi connectivity index (χ1v) is 9.12. The van der Waals surface area contributed by atoms with Crippen LogP contribution in [0.1, 0.15) is 41.4 Å². The molecule has 7 heteroatoms. The highest BCUT2D eigenvalue weighted by Gasteiger charge is 2.18. The molecule has 0 saturated carbocycles. The Bertz CT molecular complexity index is 1110. The molecule has 4 rings (SSSR count). The maximum atomic E-state index is 12.9. The fraction of sp³-hybridized carbons (Fsp3) is 0.238. The molecule has 1 aromatic carbocycles. The van der Waals surface area contributed by atoms with E-state index in [0.29, 0.717) is 17.8 Å². The molecule has 0 spiro atoms. The van der Waals surface area contributed by atoms with Crippen molar-refractivity contribution >= 4 is 17.0 Å². The van der Waals surface area contributed by atoms with Gasteiger partial charge in [0.1, 0.15) is 0 Å². The highest BCUT2D eigenvalue weighted by Crippen LogP contribution is 2.24. The molecule has 7 nitrogen and oxygen atoms in total. The fourth-order valence-electron chi connectivity index (χ4n) is 3.11. The molecule has 0 radical (unpaired) electrons. The molecule has 0 atom stereocenters. The summed E-state index contributed by atoms with van der Waals surface area (Å²) in [6, 6.07) is 11.7. The number of amides is 1. The van der Waals surface area contributed by atoms with E-state index >= 15 is 0 Å². The maximum absolute atomic E-state index is 12.9. The van der Waals surface area contributed by atoms with Crippen molar-refractivity contribution in [3.8, 4) is 5.69 Å². The monoisotopic (exact) mass is 375 g/mol. The smallest absolute Gasteiger partial charge is 0.257 e. The van der Waals surface area contributed by atoms with E-state index in [4.69, 9.17) is 4.52 Å². The fourth-order valence-corrected chi connectivity index (χ4v) is 3.11. The predicted molar refractivity (Wildman–Crippen MR) is 105 cm³/mol. The Morgan fingerprint density at radius 3 is 2.75 bits per heavy atom. The number of hydrogen-bond donors (Lipinski definition) is 0.